The fourth-order valence-corrected chi connectivity index (χ4v) is 1.91. The molecule has 0 fully saturated rings. The van der Waals surface area contributed by atoms with Gasteiger partial charge < -0.3 is 14.6 Å². The van der Waals surface area contributed by atoms with E-state index < -0.39 is 0 Å². The molecule has 0 bridgehead atoms. The number of imidazole rings is 1. The molecule has 18 heavy (non-hydrogen) atoms. The summed E-state index contributed by atoms with van der Waals surface area (Å²) in [5.41, 5.74) is 1.07. The highest BCUT2D eigenvalue weighted by Crippen LogP contribution is 2.09. The SMILES string of the molecule is CCCCCNc1nc(C)cn1CCCOCC. The van der Waals surface area contributed by atoms with Gasteiger partial charge in [0.15, 0.2) is 0 Å². The summed E-state index contributed by atoms with van der Waals surface area (Å²) < 4.78 is 7.56. The predicted molar refractivity (Wildman–Crippen MR) is 76.1 cm³/mol. The standard InChI is InChI=1S/C14H27N3O/c1-4-6-7-9-15-14-16-13(3)12-17(14)10-8-11-18-5-2/h12H,4-11H2,1-3H3,(H,15,16). The van der Waals surface area contributed by atoms with Crippen molar-refractivity contribution in [3.8, 4) is 0 Å². The first kappa shape index (κ1) is 15.0. The fourth-order valence-electron chi connectivity index (χ4n) is 1.91. The van der Waals surface area contributed by atoms with Gasteiger partial charge in [0, 0.05) is 32.5 Å². The highest BCUT2D eigenvalue weighted by molar-refractivity contribution is 5.28. The Hall–Kier alpha value is -1.03. The molecule has 1 rings (SSSR count). The van der Waals surface area contributed by atoms with Crippen LogP contribution in [-0.4, -0.2) is 29.3 Å². The van der Waals surface area contributed by atoms with Crippen LogP contribution in [0.3, 0.4) is 0 Å². The molecule has 4 nitrogen and oxygen atoms in total. The lowest BCUT2D eigenvalue weighted by molar-refractivity contribution is 0.142. The van der Waals surface area contributed by atoms with Crippen molar-refractivity contribution in [2.45, 2.75) is 53.0 Å². The number of hydrogen-bond acceptors (Lipinski definition) is 3. The summed E-state index contributed by atoms with van der Waals surface area (Å²) in [7, 11) is 0. The number of unbranched alkanes of at least 4 members (excludes halogenated alkanes) is 2. The van der Waals surface area contributed by atoms with E-state index in [4.69, 9.17) is 4.74 Å². The van der Waals surface area contributed by atoms with Crippen LogP contribution in [-0.2, 0) is 11.3 Å². The summed E-state index contributed by atoms with van der Waals surface area (Å²) in [5.74, 6) is 1.00. The fraction of sp³-hybridized carbons (Fsp3) is 0.786. The molecule has 0 unspecified atom stereocenters. The molecule has 0 radical (unpaired) electrons. The number of aryl methyl sites for hydroxylation is 2. The average Bonchev–Trinajstić information content (AvgIpc) is 2.71. The van der Waals surface area contributed by atoms with E-state index in [2.05, 4.69) is 28.0 Å². The molecule has 0 aliphatic heterocycles. The normalized spacial score (nSPS) is 10.8. The van der Waals surface area contributed by atoms with Crippen LogP contribution < -0.4 is 5.32 Å². The molecule has 0 aliphatic rings. The third kappa shape index (κ3) is 5.54. The zero-order chi connectivity index (χ0) is 13.2. The van der Waals surface area contributed by atoms with Gasteiger partial charge in [0.25, 0.3) is 0 Å². The van der Waals surface area contributed by atoms with Gasteiger partial charge in [0.2, 0.25) is 5.95 Å². The van der Waals surface area contributed by atoms with E-state index in [1.165, 1.54) is 19.3 Å². The third-order valence-corrected chi connectivity index (χ3v) is 2.85. The highest BCUT2D eigenvalue weighted by Gasteiger charge is 2.04. The van der Waals surface area contributed by atoms with Crippen LogP contribution >= 0.6 is 0 Å². The van der Waals surface area contributed by atoms with Crippen molar-refractivity contribution < 1.29 is 4.74 Å². The van der Waals surface area contributed by atoms with Crippen LogP contribution in [0.2, 0.25) is 0 Å². The summed E-state index contributed by atoms with van der Waals surface area (Å²) in [4.78, 5) is 4.52. The molecule has 104 valence electrons. The van der Waals surface area contributed by atoms with Crippen LogP contribution in [0.25, 0.3) is 0 Å². The zero-order valence-electron chi connectivity index (χ0n) is 12.0. The molecule has 0 amide bonds. The maximum Gasteiger partial charge on any atom is 0.203 e. The molecule has 0 atom stereocenters. The molecule has 1 aromatic rings. The minimum atomic E-state index is 0.797. The van der Waals surface area contributed by atoms with Gasteiger partial charge in [-0.15, -0.1) is 0 Å². The maximum absolute atomic E-state index is 5.36. The number of anilines is 1. The molecular formula is C14H27N3O. The van der Waals surface area contributed by atoms with Crippen molar-refractivity contribution in [3.63, 3.8) is 0 Å². The Morgan fingerprint density at radius 1 is 1.28 bits per heavy atom. The van der Waals surface area contributed by atoms with Gasteiger partial charge in [-0.1, -0.05) is 19.8 Å². The van der Waals surface area contributed by atoms with Crippen LogP contribution in [0, 0.1) is 6.92 Å². The summed E-state index contributed by atoms with van der Waals surface area (Å²) in [6.45, 7) is 9.89. The van der Waals surface area contributed by atoms with Crippen molar-refractivity contribution >= 4 is 5.95 Å². The minimum absolute atomic E-state index is 0.797. The van der Waals surface area contributed by atoms with E-state index in [0.717, 1.165) is 44.4 Å². The lowest BCUT2D eigenvalue weighted by Crippen LogP contribution is -2.10. The molecule has 0 saturated carbocycles. The second-order valence-electron chi connectivity index (χ2n) is 4.58. The summed E-state index contributed by atoms with van der Waals surface area (Å²) >= 11 is 0. The number of nitrogens with one attached hydrogen (secondary N) is 1. The quantitative estimate of drug-likeness (QED) is 0.651. The van der Waals surface area contributed by atoms with Crippen molar-refractivity contribution in [2.75, 3.05) is 25.1 Å². The molecular weight excluding hydrogens is 226 g/mol. The van der Waals surface area contributed by atoms with E-state index in [-0.39, 0.29) is 0 Å². The number of rotatable bonds is 10. The van der Waals surface area contributed by atoms with Crippen molar-refractivity contribution in [1.29, 1.82) is 0 Å². The third-order valence-electron chi connectivity index (χ3n) is 2.85. The van der Waals surface area contributed by atoms with Crippen molar-refractivity contribution in [2.24, 2.45) is 0 Å². The first-order chi connectivity index (χ1) is 8.77. The lowest BCUT2D eigenvalue weighted by atomic mass is 10.2. The summed E-state index contributed by atoms with van der Waals surface area (Å²) in [5, 5.41) is 3.42. The van der Waals surface area contributed by atoms with Gasteiger partial charge in [-0.05, 0) is 26.7 Å². The van der Waals surface area contributed by atoms with Crippen LogP contribution in [0.5, 0.6) is 0 Å². The van der Waals surface area contributed by atoms with Gasteiger partial charge in [0.1, 0.15) is 0 Å². The second kappa shape index (κ2) is 8.97. The number of aromatic nitrogens is 2. The van der Waals surface area contributed by atoms with E-state index in [9.17, 15) is 0 Å². The van der Waals surface area contributed by atoms with Gasteiger partial charge in [-0.3, -0.25) is 0 Å². The van der Waals surface area contributed by atoms with E-state index in [1.807, 2.05) is 13.8 Å². The Morgan fingerprint density at radius 2 is 2.11 bits per heavy atom. The summed E-state index contributed by atoms with van der Waals surface area (Å²) in [6, 6.07) is 0. The van der Waals surface area contributed by atoms with Gasteiger partial charge in [0.05, 0.1) is 5.69 Å². The molecule has 1 N–H and O–H groups in total. The first-order valence-electron chi connectivity index (χ1n) is 7.13. The molecule has 4 heteroatoms. The Kier molecular flexibility index (Phi) is 7.49. The molecule has 0 spiro atoms. The van der Waals surface area contributed by atoms with Crippen LogP contribution in [0.1, 0.15) is 45.2 Å². The maximum atomic E-state index is 5.36. The average molecular weight is 253 g/mol. The van der Waals surface area contributed by atoms with E-state index >= 15 is 0 Å². The topological polar surface area (TPSA) is 39.1 Å². The molecule has 0 aromatic carbocycles. The Labute approximate surface area is 111 Å². The summed E-state index contributed by atoms with van der Waals surface area (Å²) in [6.07, 6.45) is 6.88. The Morgan fingerprint density at radius 3 is 2.83 bits per heavy atom. The minimum Gasteiger partial charge on any atom is -0.382 e. The first-order valence-corrected chi connectivity index (χ1v) is 7.13. The highest BCUT2D eigenvalue weighted by atomic mass is 16.5. The second-order valence-corrected chi connectivity index (χ2v) is 4.58. The molecule has 0 saturated heterocycles. The molecule has 1 aromatic heterocycles. The smallest absolute Gasteiger partial charge is 0.203 e. The largest absolute Gasteiger partial charge is 0.382 e. The van der Waals surface area contributed by atoms with Gasteiger partial charge >= 0.3 is 0 Å². The van der Waals surface area contributed by atoms with Crippen LogP contribution in [0.4, 0.5) is 5.95 Å². The van der Waals surface area contributed by atoms with E-state index in [0.29, 0.717) is 0 Å². The number of nitrogens with zero attached hydrogens (tertiary/aromatic N) is 2. The Bertz CT molecular complexity index is 293. The van der Waals surface area contributed by atoms with Crippen molar-refractivity contribution in [1.82, 2.24) is 9.55 Å². The van der Waals surface area contributed by atoms with E-state index in [1.54, 1.807) is 0 Å². The van der Waals surface area contributed by atoms with Crippen molar-refractivity contribution in [3.05, 3.63) is 11.9 Å². The molecule has 1 heterocycles. The van der Waals surface area contributed by atoms with Gasteiger partial charge in [-0.25, -0.2) is 4.98 Å². The predicted octanol–water partition coefficient (Wildman–Crippen LogP) is 3.22. The van der Waals surface area contributed by atoms with Gasteiger partial charge in [-0.2, -0.15) is 0 Å². The Balaban J connectivity index is 2.36. The molecule has 0 aliphatic carbocycles. The zero-order valence-corrected chi connectivity index (χ0v) is 12.0. The lowest BCUT2D eigenvalue weighted by Gasteiger charge is -2.09. The monoisotopic (exact) mass is 253 g/mol. The number of hydrogen-bond donors (Lipinski definition) is 1. The van der Waals surface area contributed by atoms with Crippen LogP contribution in [0.15, 0.2) is 6.20 Å². The number of ether oxygens (including phenoxy) is 1.